The molecule has 0 spiro atoms. The first-order chi connectivity index (χ1) is 13.1. The molecule has 1 aliphatic heterocycles. The number of likely N-dealkylation sites (N-methyl/N-ethyl adjacent to an activating group) is 1. The first-order valence-electron chi connectivity index (χ1n) is 9.70. The summed E-state index contributed by atoms with van der Waals surface area (Å²) in [5.41, 5.74) is 1.46. The van der Waals surface area contributed by atoms with Gasteiger partial charge in [0.05, 0.1) is 24.1 Å². The van der Waals surface area contributed by atoms with Gasteiger partial charge >= 0.3 is 6.09 Å². The molecule has 0 N–H and O–H groups in total. The lowest BCUT2D eigenvalue weighted by Gasteiger charge is -2.38. The molecule has 152 valence electrons. The molecule has 0 aliphatic carbocycles. The number of aryl methyl sites for hydroxylation is 2. The van der Waals surface area contributed by atoms with E-state index < -0.39 is 5.60 Å². The second kappa shape index (κ2) is 7.77. The van der Waals surface area contributed by atoms with Crippen molar-refractivity contribution in [3.63, 3.8) is 0 Å². The highest BCUT2D eigenvalue weighted by atomic mass is 16.6. The highest BCUT2D eigenvalue weighted by molar-refractivity contribution is 5.68. The third-order valence-corrected chi connectivity index (χ3v) is 4.79. The van der Waals surface area contributed by atoms with Crippen molar-refractivity contribution in [1.82, 2.24) is 24.6 Å². The summed E-state index contributed by atoms with van der Waals surface area (Å²) < 4.78 is 7.32. The fraction of sp³-hybridized carbons (Fsp3) is 0.600. The highest BCUT2D eigenvalue weighted by Gasteiger charge is 2.29. The third kappa shape index (κ3) is 4.61. The number of rotatable bonds is 3. The van der Waals surface area contributed by atoms with Gasteiger partial charge in [0.15, 0.2) is 5.82 Å². The number of anilines is 1. The maximum atomic E-state index is 12.4. The predicted octanol–water partition coefficient (Wildman–Crippen LogP) is 3.11. The molecule has 0 saturated carbocycles. The van der Waals surface area contributed by atoms with E-state index in [2.05, 4.69) is 15.0 Å². The molecule has 1 aliphatic rings. The van der Waals surface area contributed by atoms with Crippen molar-refractivity contribution in [1.29, 1.82) is 0 Å². The lowest BCUT2D eigenvalue weighted by Crippen LogP contribution is -2.50. The number of hydrogen-bond acceptors (Lipinski definition) is 6. The van der Waals surface area contributed by atoms with Crippen LogP contribution in [0, 0.1) is 13.8 Å². The Morgan fingerprint density at radius 2 is 1.96 bits per heavy atom. The van der Waals surface area contributed by atoms with Crippen LogP contribution in [0.15, 0.2) is 18.5 Å². The highest BCUT2D eigenvalue weighted by Crippen LogP contribution is 2.22. The fourth-order valence-electron chi connectivity index (χ4n) is 3.42. The molecule has 1 amide bonds. The van der Waals surface area contributed by atoms with Gasteiger partial charge in [-0.2, -0.15) is 5.10 Å². The summed E-state index contributed by atoms with van der Waals surface area (Å²) in [4.78, 5) is 25.4. The maximum Gasteiger partial charge on any atom is 0.410 e. The molecule has 1 atom stereocenters. The normalized spacial score (nSPS) is 17.5. The van der Waals surface area contributed by atoms with Gasteiger partial charge in [-0.25, -0.2) is 14.5 Å². The quantitative estimate of drug-likeness (QED) is 0.807. The Morgan fingerprint density at radius 1 is 1.25 bits per heavy atom. The van der Waals surface area contributed by atoms with Crippen LogP contribution < -0.4 is 4.90 Å². The van der Waals surface area contributed by atoms with E-state index in [0.717, 1.165) is 36.6 Å². The van der Waals surface area contributed by atoms with Crippen LogP contribution in [0.3, 0.4) is 0 Å². The minimum Gasteiger partial charge on any atom is -0.444 e. The molecule has 3 heterocycles. The zero-order valence-corrected chi connectivity index (χ0v) is 17.6. The first kappa shape index (κ1) is 20.1. The molecule has 0 bridgehead atoms. The lowest BCUT2D eigenvalue weighted by atomic mass is 10.0. The van der Waals surface area contributed by atoms with Gasteiger partial charge < -0.3 is 14.5 Å². The Labute approximate surface area is 166 Å². The number of piperidine rings is 1. The summed E-state index contributed by atoms with van der Waals surface area (Å²) in [6, 6.07) is 2.09. The van der Waals surface area contributed by atoms with Gasteiger partial charge in [-0.1, -0.05) is 0 Å². The Morgan fingerprint density at radius 3 is 2.61 bits per heavy atom. The van der Waals surface area contributed by atoms with Crippen LogP contribution in [-0.4, -0.2) is 62.5 Å². The Balaban J connectivity index is 1.75. The Kier molecular flexibility index (Phi) is 5.58. The average molecular weight is 387 g/mol. The van der Waals surface area contributed by atoms with E-state index in [9.17, 15) is 4.79 Å². The van der Waals surface area contributed by atoms with Crippen LogP contribution in [0.2, 0.25) is 0 Å². The molecular weight excluding hydrogens is 356 g/mol. The maximum absolute atomic E-state index is 12.4. The third-order valence-electron chi connectivity index (χ3n) is 4.79. The standard InChI is InChI=1S/C20H30N6O2/c1-14-10-15(2)26(23-14)18-12-21-11-17(22-18)25-9-7-8-16(13-25)24(6)19(27)28-20(3,4)5/h10-12,16H,7-9,13H2,1-6H3. The number of carbonyl (C=O) groups is 1. The predicted molar refractivity (Wildman–Crippen MR) is 108 cm³/mol. The minimum absolute atomic E-state index is 0.0720. The zero-order valence-electron chi connectivity index (χ0n) is 17.6. The number of ether oxygens (including phenoxy) is 1. The molecule has 2 aromatic heterocycles. The summed E-state index contributed by atoms with van der Waals surface area (Å²) in [5, 5.41) is 4.49. The van der Waals surface area contributed by atoms with Crippen LogP contribution in [0.25, 0.3) is 5.82 Å². The van der Waals surface area contributed by atoms with Gasteiger partial charge in [0.1, 0.15) is 11.4 Å². The van der Waals surface area contributed by atoms with Crippen molar-refractivity contribution in [2.75, 3.05) is 25.0 Å². The van der Waals surface area contributed by atoms with E-state index in [1.54, 1.807) is 29.0 Å². The molecule has 3 rings (SSSR count). The summed E-state index contributed by atoms with van der Waals surface area (Å²) in [6.45, 7) is 11.2. The van der Waals surface area contributed by atoms with Crippen molar-refractivity contribution < 1.29 is 9.53 Å². The molecule has 0 radical (unpaired) electrons. The van der Waals surface area contributed by atoms with E-state index in [1.165, 1.54) is 0 Å². The largest absolute Gasteiger partial charge is 0.444 e. The van der Waals surface area contributed by atoms with Crippen LogP contribution in [-0.2, 0) is 4.74 Å². The van der Waals surface area contributed by atoms with E-state index in [-0.39, 0.29) is 12.1 Å². The molecule has 1 saturated heterocycles. The van der Waals surface area contributed by atoms with Crippen molar-refractivity contribution in [2.24, 2.45) is 0 Å². The minimum atomic E-state index is -0.501. The summed E-state index contributed by atoms with van der Waals surface area (Å²) >= 11 is 0. The van der Waals surface area contributed by atoms with Gasteiger partial charge in [0.2, 0.25) is 0 Å². The Hall–Kier alpha value is -2.64. The van der Waals surface area contributed by atoms with Crippen LogP contribution in [0.5, 0.6) is 0 Å². The molecule has 1 unspecified atom stereocenters. The molecule has 0 aromatic carbocycles. The molecule has 8 heteroatoms. The monoisotopic (exact) mass is 386 g/mol. The number of hydrogen-bond donors (Lipinski definition) is 0. The van der Waals surface area contributed by atoms with E-state index >= 15 is 0 Å². The van der Waals surface area contributed by atoms with Gasteiger partial charge in [-0.3, -0.25) is 4.98 Å². The number of amides is 1. The average Bonchev–Trinajstić information content (AvgIpc) is 2.98. The van der Waals surface area contributed by atoms with E-state index in [0.29, 0.717) is 12.4 Å². The van der Waals surface area contributed by atoms with Gasteiger partial charge in [0, 0.05) is 25.8 Å². The molecule has 2 aromatic rings. The van der Waals surface area contributed by atoms with Gasteiger partial charge in [-0.15, -0.1) is 0 Å². The van der Waals surface area contributed by atoms with Crippen molar-refractivity contribution in [2.45, 2.75) is 59.1 Å². The van der Waals surface area contributed by atoms with Crippen LogP contribution in [0.1, 0.15) is 45.0 Å². The Bertz CT molecular complexity index is 841. The SMILES string of the molecule is Cc1cc(C)n(-c2cncc(N3CCCC(N(C)C(=O)OC(C)(C)C)C3)n2)n1. The fourth-order valence-corrected chi connectivity index (χ4v) is 3.42. The number of carbonyl (C=O) groups excluding carboxylic acids is 1. The van der Waals surface area contributed by atoms with E-state index in [1.807, 2.05) is 40.7 Å². The molecular formula is C20H30N6O2. The second-order valence-electron chi connectivity index (χ2n) is 8.41. The summed E-state index contributed by atoms with van der Waals surface area (Å²) in [5.74, 6) is 1.50. The molecule has 28 heavy (non-hydrogen) atoms. The topological polar surface area (TPSA) is 76.4 Å². The first-order valence-corrected chi connectivity index (χ1v) is 9.70. The number of aromatic nitrogens is 4. The van der Waals surface area contributed by atoms with Gasteiger partial charge in [0.25, 0.3) is 0 Å². The zero-order chi connectivity index (χ0) is 20.5. The molecule has 1 fully saturated rings. The smallest absolute Gasteiger partial charge is 0.410 e. The van der Waals surface area contributed by atoms with Crippen molar-refractivity contribution in [3.05, 3.63) is 29.8 Å². The van der Waals surface area contributed by atoms with E-state index in [4.69, 9.17) is 9.72 Å². The van der Waals surface area contributed by atoms with Crippen molar-refractivity contribution in [3.8, 4) is 5.82 Å². The van der Waals surface area contributed by atoms with Gasteiger partial charge in [-0.05, 0) is 53.5 Å². The second-order valence-corrected chi connectivity index (χ2v) is 8.41. The van der Waals surface area contributed by atoms with Crippen LogP contribution >= 0.6 is 0 Å². The van der Waals surface area contributed by atoms with Crippen LogP contribution in [0.4, 0.5) is 10.6 Å². The number of nitrogens with zero attached hydrogens (tertiary/aromatic N) is 6. The summed E-state index contributed by atoms with van der Waals surface area (Å²) in [7, 11) is 1.81. The summed E-state index contributed by atoms with van der Waals surface area (Å²) in [6.07, 6.45) is 5.12. The lowest BCUT2D eigenvalue weighted by molar-refractivity contribution is 0.0209. The van der Waals surface area contributed by atoms with Crippen molar-refractivity contribution >= 4 is 11.9 Å². The molecule has 8 nitrogen and oxygen atoms in total.